The van der Waals surface area contributed by atoms with E-state index in [-0.39, 0.29) is 5.91 Å². The second kappa shape index (κ2) is 6.25. The first-order valence-electron chi connectivity index (χ1n) is 9.51. The highest BCUT2D eigenvalue weighted by molar-refractivity contribution is 5.85. The number of phenols is 1. The number of aromatic nitrogens is 3. The third-order valence-corrected chi connectivity index (χ3v) is 6.09. The summed E-state index contributed by atoms with van der Waals surface area (Å²) in [5.74, 6) is 2.70. The summed E-state index contributed by atoms with van der Waals surface area (Å²) in [5, 5.41) is 21.6. The number of hydrogen-bond donors (Lipinski definition) is 2. The van der Waals surface area contributed by atoms with Gasteiger partial charge in [0.1, 0.15) is 17.3 Å². The standard InChI is InChI=1S/C20H26N4O3/c1-11-12(2)18-14(13(3)17(11)25)7-8-20(4,27-18)19(26)21-10-16-23-22-15-6-5-9-24(15)16/h25H,5-10H2,1-4H3,(H,21,26)/t20-/m1/s1. The number of nitrogens with zero attached hydrogens (tertiary/aromatic N) is 3. The predicted octanol–water partition coefficient (Wildman–Crippen LogP) is 2.26. The lowest BCUT2D eigenvalue weighted by Crippen LogP contribution is -2.51. The summed E-state index contributed by atoms with van der Waals surface area (Å²) in [6.07, 6.45) is 3.28. The molecule has 4 rings (SSSR count). The first kappa shape index (κ1) is 17.8. The molecule has 0 saturated heterocycles. The molecule has 1 amide bonds. The van der Waals surface area contributed by atoms with Crippen molar-refractivity contribution in [2.24, 2.45) is 0 Å². The second-order valence-corrected chi connectivity index (χ2v) is 7.83. The third-order valence-electron chi connectivity index (χ3n) is 6.09. The number of carbonyl (C=O) groups is 1. The average molecular weight is 370 g/mol. The Morgan fingerprint density at radius 3 is 2.78 bits per heavy atom. The van der Waals surface area contributed by atoms with E-state index in [4.69, 9.17) is 4.74 Å². The Bertz CT molecular complexity index is 934. The molecule has 0 radical (unpaired) electrons. The minimum atomic E-state index is -0.943. The van der Waals surface area contributed by atoms with Crippen molar-refractivity contribution in [2.75, 3.05) is 0 Å². The summed E-state index contributed by atoms with van der Waals surface area (Å²) in [6.45, 7) is 8.80. The van der Waals surface area contributed by atoms with Crippen molar-refractivity contribution in [2.45, 2.75) is 72.1 Å². The minimum Gasteiger partial charge on any atom is -0.507 e. The first-order chi connectivity index (χ1) is 12.8. The van der Waals surface area contributed by atoms with Crippen LogP contribution in [0.25, 0.3) is 0 Å². The largest absolute Gasteiger partial charge is 0.507 e. The van der Waals surface area contributed by atoms with Crippen molar-refractivity contribution in [3.05, 3.63) is 33.9 Å². The Hall–Kier alpha value is -2.57. The number of rotatable bonds is 3. The molecular weight excluding hydrogens is 344 g/mol. The number of benzene rings is 1. The zero-order valence-electron chi connectivity index (χ0n) is 16.3. The van der Waals surface area contributed by atoms with Crippen molar-refractivity contribution in [3.63, 3.8) is 0 Å². The van der Waals surface area contributed by atoms with Gasteiger partial charge in [-0.25, -0.2) is 0 Å². The molecular formula is C20H26N4O3. The highest BCUT2D eigenvalue weighted by atomic mass is 16.5. The maximum absolute atomic E-state index is 12.9. The van der Waals surface area contributed by atoms with Crippen LogP contribution in [0.3, 0.4) is 0 Å². The van der Waals surface area contributed by atoms with Gasteiger partial charge in [0.15, 0.2) is 11.4 Å². The molecule has 1 aromatic carbocycles. The Labute approximate surface area is 158 Å². The lowest BCUT2D eigenvalue weighted by Gasteiger charge is -2.36. The molecule has 2 aliphatic rings. The third kappa shape index (κ3) is 2.76. The summed E-state index contributed by atoms with van der Waals surface area (Å²) >= 11 is 0. The van der Waals surface area contributed by atoms with Crippen molar-refractivity contribution in [1.82, 2.24) is 20.1 Å². The molecule has 3 heterocycles. The molecule has 2 N–H and O–H groups in total. The van der Waals surface area contributed by atoms with Crippen LogP contribution in [0.15, 0.2) is 0 Å². The van der Waals surface area contributed by atoms with Gasteiger partial charge in [-0.15, -0.1) is 10.2 Å². The van der Waals surface area contributed by atoms with Crippen molar-refractivity contribution in [3.8, 4) is 11.5 Å². The van der Waals surface area contributed by atoms with Gasteiger partial charge in [0.05, 0.1) is 6.54 Å². The number of carbonyl (C=O) groups excluding carboxylic acids is 1. The van der Waals surface area contributed by atoms with Crippen molar-refractivity contribution < 1.29 is 14.6 Å². The van der Waals surface area contributed by atoms with Crippen LogP contribution in [-0.4, -0.2) is 31.4 Å². The van der Waals surface area contributed by atoms with Crippen LogP contribution in [0.2, 0.25) is 0 Å². The fourth-order valence-corrected chi connectivity index (χ4v) is 4.10. The summed E-state index contributed by atoms with van der Waals surface area (Å²) in [6, 6.07) is 0. The molecule has 0 unspecified atom stereocenters. The maximum atomic E-state index is 12.9. The molecule has 0 aliphatic carbocycles. The van der Waals surface area contributed by atoms with Gasteiger partial charge in [-0.1, -0.05) is 0 Å². The normalized spacial score (nSPS) is 20.7. The summed E-state index contributed by atoms with van der Waals surface area (Å²) in [7, 11) is 0. The van der Waals surface area contributed by atoms with Gasteiger partial charge < -0.3 is 19.7 Å². The van der Waals surface area contributed by atoms with Crippen LogP contribution >= 0.6 is 0 Å². The molecule has 2 aliphatic heterocycles. The van der Waals surface area contributed by atoms with Crippen LogP contribution in [0.4, 0.5) is 0 Å². The monoisotopic (exact) mass is 370 g/mol. The van der Waals surface area contributed by atoms with Gasteiger partial charge in [0.2, 0.25) is 0 Å². The van der Waals surface area contributed by atoms with Gasteiger partial charge in [0.25, 0.3) is 5.91 Å². The van der Waals surface area contributed by atoms with E-state index in [1.54, 1.807) is 0 Å². The predicted molar refractivity (Wildman–Crippen MR) is 99.9 cm³/mol. The van der Waals surface area contributed by atoms with Gasteiger partial charge in [0, 0.05) is 24.9 Å². The molecule has 7 heteroatoms. The molecule has 1 atom stereocenters. The van der Waals surface area contributed by atoms with E-state index >= 15 is 0 Å². The quantitative estimate of drug-likeness (QED) is 0.865. The number of phenolic OH excluding ortho intramolecular Hbond substituents is 1. The fraction of sp³-hybridized carbons (Fsp3) is 0.550. The van der Waals surface area contributed by atoms with Crippen LogP contribution in [0, 0.1) is 20.8 Å². The van der Waals surface area contributed by atoms with E-state index in [0.717, 1.165) is 59.0 Å². The lowest BCUT2D eigenvalue weighted by atomic mass is 9.86. The van der Waals surface area contributed by atoms with Crippen LogP contribution in [-0.2, 0) is 30.7 Å². The number of aromatic hydroxyl groups is 1. The smallest absolute Gasteiger partial charge is 0.264 e. The summed E-state index contributed by atoms with van der Waals surface area (Å²) in [5.41, 5.74) is 2.59. The zero-order chi connectivity index (χ0) is 19.3. The molecule has 2 aromatic rings. The summed E-state index contributed by atoms with van der Waals surface area (Å²) in [4.78, 5) is 12.9. The Morgan fingerprint density at radius 1 is 1.22 bits per heavy atom. The van der Waals surface area contributed by atoms with Gasteiger partial charge in [-0.2, -0.15) is 0 Å². The first-order valence-corrected chi connectivity index (χ1v) is 9.51. The van der Waals surface area contributed by atoms with Crippen LogP contribution in [0.1, 0.15) is 53.7 Å². The van der Waals surface area contributed by atoms with E-state index in [0.29, 0.717) is 25.1 Å². The number of hydrogen-bond acceptors (Lipinski definition) is 5. The van der Waals surface area contributed by atoms with Crippen LogP contribution in [0.5, 0.6) is 11.5 Å². The van der Waals surface area contributed by atoms with Gasteiger partial charge in [-0.3, -0.25) is 4.79 Å². The van der Waals surface area contributed by atoms with Crippen molar-refractivity contribution in [1.29, 1.82) is 0 Å². The molecule has 1 aromatic heterocycles. The van der Waals surface area contributed by atoms with Gasteiger partial charge >= 0.3 is 0 Å². The zero-order valence-corrected chi connectivity index (χ0v) is 16.3. The molecule has 0 fully saturated rings. The Morgan fingerprint density at radius 2 is 2.00 bits per heavy atom. The minimum absolute atomic E-state index is 0.147. The molecule has 0 spiro atoms. The van der Waals surface area contributed by atoms with E-state index in [9.17, 15) is 9.90 Å². The van der Waals surface area contributed by atoms with Gasteiger partial charge in [-0.05, 0) is 57.2 Å². The number of nitrogens with one attached hydrogen (secondary N) is 1. The Kier molecular flexibility index (Phi) is 4.13. The number of fused-ring (bicyclic) bond motifs is 2. The molecule has 0 bridgehead atoms. The van der Waals surface area contributed by atoms with Crippen molar-refractivity contribution >= 4 is 5.91 Å². The molecule has 7 nitrogen and oxygen atoms in total. The number of aryl methyl sites for hydroxylation is 1. The molecule has 144 valence electrons. The van der Waals surface area contributed by atoms with E-state index in [1.807, 2.05) is 27.7 Å². The second-order valence-electron chi connectivity index (χ2n) is 7.83. The number of ether oxygens (including phenoxy) is 1. The maximum Gasteiger partial charge on any atom is 0.264 e. The Balaban J connectivity index is 1.53. The lowest BCUT2D eigenvalue weighted by molar-refractivity contribution is -0.137. The van der Waals surface area contributed by atoms with E-state index in [1.165, 1.54) is 0 Å². The fourth-order valence-electron chi connectivity index (χ4n) is 4.10. The topological polar surface area (TPSA) is 89.3 Å². The summed E-state index contributed by atoms with van der Waals surface area (Å²) < 4.78 is 8.31. The number of amides is 1. The highest BCUT2D eigenvalue weighted by Crippen LogP contribution is 2.43. The SMILES string of the molecule is Cc1c(C)c2c(c(C)c1O)CC[C@](C)(C(=O)NCc1nnc3n1CCC3)O2. The average Bonchev–Trinajstić information content (AvgIpc) is 3.26. The molecule has 0 saturated carbocycles. The van der Waals surface area contributed by atoms with Crippen LogP contribution < -0.4 is 10.1 Å². The van der Waals surface area contributed by atoms with E-state index < -0.39 is 5.60 Å². The van der Waals surface area contributed by atoms with E-state index in [2.05, 4.69) is 20.1 Å². The highest BCUT2D eigenvalue weighted by Gasteiger charge is 2.40. The molecule has 27 heavy (non-hydrogen) atoms.